The highest BCUT2D eigenvalue weighted by Gasteiger charge is 2.31. The average Bonchev–Trinajstić information content (AvgIpc) is 3.00. The number of rotatable bonds is 14. The molecule has 0 radical (unpaired) electrons. The lowest BCUT2D eigenvalue weighted by atomic mass is 9.83. The van der Waals surface area contributed by atoms with Crippen LogP contribution in [0.15, 0.2) is 36.4 Å². The summed E-state index contributed by atoms with van der Waals surface area (Å²) in [7, 11) is 0. The molecule has 0 bridgehead atoms. The van der Waals surface area contributed by atoms with Gasteiger partial charge in [-0.15, -0.1) is 0 Å². The zero-order chi connectivity index (χ0) is 32.6. The fourth-order valence-electron chi connectivity index (χ4n) is 4.52. The maximum Gasteiger partial charge on any atom is 0.246 e. The van der Waals surface area contributed by atoms with Gasteiger partial charge in [-0.1, -0.05) is 0 Å². The minimum atomic E-state index is -0.918. The second-order valence-corrected chi connectivity index (χ2v) is 10.7. The summed E-state index contributed by atoms with van der Waals surface area (Å²) in [6.07, 6.45) is 1.91. The van der Waals surface area contributed by atoms with Crippen molar-refractivity contribution in [2.24, 2.45) is 22.9 Å². The summed E-state index contributed by atoms with van der Waals surface area (Å²) >= 11 is 0. The van der Waals surface area contributed by atoms with Crippen LogP contribution in [-0.4, -0.2) is 72.5 Å². The third-order valence-electron chi connectivity index (χ3n) is 7.17. The molecule has 0 heterocycles. The molecular weight excluding hydrogens is 568 g/mol. The monoisotopic (exact) mass is 608 g/mol. The summed E-state index contributed by atoms with van der Waals surface area (Å²) in [6.45, 7) is 3.78. The molecule has 236 valence electrons. The van der Waals surface area contributed by atoms with E-state index in [1.807, 2.05) is 0 Å². The largest absolute Gasteiger partial charge is 0.343 e. The van der Waals surface area contributed by atoms with E-state index in [0.29, 0.717) is 38.8 Å². The van der Waals surface area contributed by atoms with E-state index in [2.05, 4.69) is 21.3 Å². The fraction of sp³-hybridized carbons (Fsp3) is 0.400. The Balaban J connectivity index is 1.67. The first-order valence-electron chi connectivity index (χ1n) is 14.4. The van der Waals surface area contributed by atoms with Gasteiger partial charge in [-0.2, -0.15) is 0 Å². The van der Waals surface area contributed by atoms with Gasteiger partial charge in [0.1, 0.15) is 12.1 Å². The van der Waals surface area contributed by atoms with Crippen molar-refractivity contribution in [1.29, 1.82) is 0 Å². The van der Waals surface area contributed by atoms with Crippen LogP contribution in [0.25, 0.3) is 0 Å². The Kier molecular flexibility index (Phi) is 11.8. The van der Waals surface area contributed by atoms with Crippen LogP contribution in [0.3, 0.4) is 0 Å². The molecule has 44 heavy (non-hydrogen) atoms. The van der Waals surface area contributed by atoms with E-state index in [1.54, 1.807) is 0 Å². The number of carbonyl (C=O) groups is 6. The Labute approximate surface area is 255 Å². The summed E-state index contributed by atoms with van der Waals surface area (Å²) in [5, 5.41) is 10.4. The second kappa shape index (κ2) is 15.3. The first-order chi connectivity index (χ1) is 20.9. The lowest BCUT2D eigenvalue weighted by Crippen LogP contribution is -2.48. The van der Waals surface area contributed by atoms with Gasteiger partial charge in [-0.3, -0.25) is 28.8 Å². The van der Waals surface area contributed by atoms with E-state index < -0.39 is 59.4 Å². The Morgan fingerprint density at radius 2 is 0.977 bits per heavy atom. The van der Waals surface area contributed by atoms with Gasteiger partial charge in [0.05, 0.1) is 12.1 Å². The van der Waals surface area contributed by atoms with Gasteiger partial charge in [0, 0.05) is 33.6 Å². The molecule has 2 aromatic carbocycles. The smallest absolute Gasteiger partial charge is 0.246 e. The lowest BCUT2D eigenvalue weighted by molar-refractivity contribution is -0.127. The van der Waals surface area contributed by atoms with Crippen molar-refractivity contribution in [2.75, 3.05) is 23.7 Å². The molecule has 14 heteroatoms. The zero-order valence-electron chi connectivity index (χ0n) is 24.8. The van der Waals surface area contributed by atoms with E-state index in [9.17, 15) is 28.8 Å². The van der Waals surface area contributed by atoms with Crippen LogP contribution in [0.2, 0.25) is 0 Å². The van der Waals surface area contributed by atoms with Crippen molar-refractivity contribution in [2.45, 2.75) is 63.7 Å². The maximum absolute atomic E-state index is 13.3. The Bertz CT molecular complexity index is 1340. The molecule has 2 aromatic rings. The van der Waals surface area contributed by atoms with E-state index in [1.165, 1.54) is 50.2 Å². The van der Waals surface area contributed by atoms with Crippen LogP contribution in [0.4, 0.5) is 11.4 Å². The number of benzene rings is 2. The van der Waals surface area contributed by atoms with Crippen LogP contribution >= 0.6 is 0 Å². The van der Waals surface area contributed by atoms with E-state index in [0.717, 1.165) is 0 Å². The summed E-state index contributed by atoms with van der Waals surface area (Å²) < 4.78 is 0. The quantitative estimate of drug-likeness (QED) is 0.116. The number of nitrogens with two attached hydrogens (primary N) is 4. The zero-order valence-corrected chi connectivity index (χ0v) is 24.8. The minimum absolute atomic E-state index is 0.0971. The number of carbonyl (C=O) groups excluding carboxylic acids is 6. The maximum atomic E-state index is 13.3. The van der Waals surface area contributed by atoms with Crippen LogP contribution in [0, 0.1) is 0 Å². The predicted octanol–water partition coefficient (Wildman–Crippen LogP) is -0.519. The summed E-state index contributed by atoms with van der Waals surface area (Å²) in [5.74, 6) is -2.93. The van der Waals surface area contributed by atoms with Gasteiger partial charge in [0.2, 0.25) is 23.6 Å². The number of ketones is 2. The van der Waals surface area contributed by atoms with Gasteiger partial charge in [-0.25, -0.2) is 0 Å². The minimum Gasteiger partial charge on any atom is -0.343 e. The Morgan fingerprint density at radius 1 is 0.614 bits per heavy atom. The third-order valence-corrected chi connectivity index (χ3v) is 7.17. The molecule has 0 aliphatic heterocycles. The summed E-state index contributed by atoms with van der Waals surface area (Å²) in [6, 6.07) is 5.17. The molecule has 14 nitrogen and oxygen atoms in total. The van der Waals surface area contributed by atoms with Crippen molar-refractivity contribution in [3.8, 4) is 0 Å². The number of hydrogen-bond acceptors (Lipinski definition) is 10. The van der Waals surface area contributed by atoms with Crippen molar-refractivity contribution >= 4 is 46.6 Å². The molecule has 3 rings (SSSR count). The highest BCUT2D eigenvalue weighted by molar-refractivity contribution is 6.29. The van der Waals surface area contributed by atoms with Crippen molar-refractivity contribution in [1.82, 2.24) is 10.6 Å². The van der Waals surface area contributed by atoms with E-state index in [4.69, 9.17) is 22.9 Å². The molecule has 0 fully saturated rings. The molecule has 0 spiro atoms. The molecule has 4 atom stereocenters. The normalized spacial score (nSPS) is 14.8. The Hall–Kier alpha value is -4.50. The topological polar surface area (TPSA) is 255 Å². The van der Waals surface area contributed by atoms with Crippen molar-refractivity contribution in [3.05, 3.63) is 58.7 Å². The molecule has 0 saturated heterocycles. The molecular formula is C30H40N8O6. The number of fused-ring (bicyclic) bond motifs is 2. The molecule has 0 saturated carbocycles. The molecule has 2 unspecified atom stereocenters. The van der Waals surface area contributed by atoms with Crippen LogP contribution in [0.1, 0.15) is 71.4 Å². The number of nitrogens with one attached hydrogen (secondary N) is 4. The molecule has 0 aromatic heterocycles. The summed E-state index contributed by atoms with van der Waals surface area (Å²) in [5.41, 5.74) is 23.5. The van der Waals surface area contributed by atoms with Crippen molar-refractivity contribution < 1.29 is 28.8 Å². The van der Waals surface area contributed by atoms with Crippen LogP contribution in [-0.2, 0) is 19.2 Å². The number of hydrogen-bond donors (Lipinski definition) is 8. The van der Waals surface area contributed by atoms with Gasteiger partial charge >= 0.3 is 0 Å². The highest BCUT2D eigenvalue weighted by Crippen LogP contribution is 2.31. The fourth-order valence-corrected chi connectivity index (χ4v) is 4.52. The summed E-state index contributed by atoms with van der Waals surface area (Å²) in [4.78, 5) is 76.5. The molecule has 4 amide bonds. The van der Waals surface area contributed by atoms with E-state index >= 15 is 0 Å². The first kappa shape index (κ1) is 34.0. The first-order valence-corrected chi connectivity index (χ1v) is 14.4. The molecule has 1 aliphatic rings. The predicted molar refractivity (Wildman–Crippen MR) is 165 cm³/mol. The third kappa shape index (κ3) is 8.32. The van der Waals surface area contributed by atoms with Gasteiger partial charge < -0.3 is 44.2 Å². The number of amides is 4. The average molecular weight is 609 g/mol. The van der Waals surface area contributed by atoms with Gasteiger partial charge in [-0.05, 0) is 89.0 Å². The SMILES string of the molecule is C[C@@H](NC(=O)C(N)CCCN)C(=O)Nc1ccc2c(c1)C(=O)c1ccc(NC(=O)[C@@H](C)NC(=O)C(N)CCCN)cc1C2=O. The Morgan fingerprint density at radius 3 is 1.32 bits per heavy atom. The van der Waals surface area contributed by atoms with Crippen molar-refractivity contribution in [3.63, 3.8) is 0 Å². The number of anilines is 2. The molecule has 1 aliphatic carbocycles. The molecule has 12 N–H and O–H groups in total. The lowest BCUT2D eigenvalue weighted by Gasteiger charge is -2.21. The second-order valence-electron chi connectivity index (χ2n) is 10.7. The van der Waals surface area contributed by atoms with Crippen LogP contribution < -0.4 is 44.2 Å². The van der Waals surface area contributed by atoms with Gasteiger partial charge in [0.15, 0.2) is 11.6 Å². The highest BCUT2D eigenvalue weighted by atomic mass is 16.2. The van der Waals surface area contributed by atoms with E-state index in [-0.39, 0.29) is 33.6 Å². The standard InChI is InChI=1S/C30H40N8O6/c1-15(35-29(43)23(33)5-3-11-31)27(41)37-17-7-9-19-21(13-17)25(39)20-10-8-18(14-22(20)26(19)40)38-28(42)16(2)36-30(44)24(34)6-4-12-32/h7-10,13-16,23-24H,3-6,11-12,31-34H2,1-2H3,(H,35,43)(H,36,44)(H,37,41)(H,38,42)/t15-,16-,23?,24?/m1/s1. The van der Waals surface area contributed by atoms with Crippen LogP contribution in [0.5, 0.6) is 0 Å². The van der Waals surface area contributed by atoms with Gasteiger partial charge in [0.25, 0.3) is 0 Å².